The highest BCUT2D eigenvalue weighted by Gasteiger charge is 2.15. The molecule has 1 N–H and O–H groups in total. The van der Waals surface area contributed by atoms with E-state index in [2.05, 4.69) is 4.33 Å². The number of hydrogen-bond acceptors (Lipinski definition) is 6. The van der Waals surface area contributed by atoms with Crippen molar-refractivity contribution in [2.24, 2.45) is 0 Å². The Hall–Kier alpha value is -1.51. The van der Waals surface area contributed by atoms with Crippen molar-refractivity contribution in [2.75, 3.05) is 0 Å². The molecule has 0 saturated heterocycles. The first-order valence-corrected chi connectivity index (χ1v) is 4.71. The van der Waals surface area contributed by atoms with Gasteiger partial charge in [-0.25, -0.2) is 5.26 Å². The van der Waals surface area contributed by atoms with Gasteiger partial charge in [-0.3, -0.25) is 10.1 Å². The van der Waals surface area contributed by atoms with Crippen LogP contribution in [-0.4, -0.2) is 18.6 Å². The zero-order valence-corrected chi connectivity index (χ0v) is 7.47. The Labute approximate surface area is 78.8 Å². The van der Waals surface area contributed by atoms with Crippen LogP contribution in [0.5, 0.6) is 0 Å². The molecule has 76 valence electrons. The van der Waals surface area contributed by atoms with Crippen LogP contribution in [0.3, 0.4) is 0 Å². The summed E-state index contributed by atoms with van der Waals surface area (Å²) in [6.45, 7) is 0. The van der Waals surface area contributed by atoms with Crippen molar-refractivity contribution in [3.05, 3.63) is 34.4 Å². The van der Waals surface area contributed by atoms with E-state index in [1.807, 2.05) is 0 Å². The van der Waals surface area contributed by atoms with Crippen LogP contribution in [0.25, 0.3) is 0 Å². The molecular weight excluding hydrogens is 214 g/mol. The Morgan fingerprint density at radius 2 is 1.79 bits per heavy atom. The molecule has 1 aromatic rings. The Kier molecular flexibility index (Phi) is 2.79. The fourth-order valence-electron chi connectivity index (χ4n) is 0.778. The summed E-state index contributed by atoms with van der Waals surface area (Å²) in [5, 5.41) is 18.2. The van der Waals surface area contributed by atoms with Gasteiger partial charge in [0, 0.05) is 12.1 Å². The van der Waals surface area contributed by atoms with E-state index in [-0.39, 0.29) is 10.6 Å². The highest BCUT2D eigenvalue weighted by atomic mass is 32.2. The second-order valence-electron chi connectivity index (χ2n) is 2.28. The average Bonchev–Trinajstić information content (AvgIpc) is 2.18. The molecule has 0 amide bonds. The van der Waals surface area contributed by atoms with Crippen LogP contribution in [0.1, 0.15) is 0 Å². The first-order valence-electron chi connectivity index (χ1n) is 3.30. The van der Waals surface area contributed by atoms with E-state index < -0.39 is 15.0 Å². The van der Waals surface area contributed by atoms with Crippen molar-refractivity contribution >= 4 is 15.8 Å². The van der Waals surface area contributed by atoms with Gasteiger partial charge in [-0.05, 0) is 12.1 Å². The number of hydrogen-bond donors (Lipinski definition) is 1. The lowest BCUT2D eigenvalue weighted by Crippen LogP contribution is -2.02. The molecule has 0 bridgehead atoms. The van der Waals surface area contributed by atoms with Crippen LogP contribution in [-0.2, 0) is 14.5 Å². The summed E-state index contributed by atoms with van der Waals surface area (Å²) >= 11 is 0. The molecule has 1 aromatic carbocycles. The molecule has 14 heavy (non-hydrogen) atoms. The fourth-order valence-corrected chi connectivity index (χ4v) is 1.33. The van der Waals surface area contributed by atoms with E-state index in [9.17, 15) is 18.5 Å². The summed E-state index contributed by atoms with van der Waals surface area (Å²) in [5.74, 6) is 0. The second kappa shape index (κ2) is 3.70. The molecular formula is C6H5NO6S. The van der Waals surface area contributed by atoms with Crippen molar-refractivity contribution in [3.63, 3.8) is 0 Å². The van der Waals surface area contributed by atoms with Gasteiger partial charge < -0.3 is 0 Å². The van der Waals surface area contributed by atoms with Gasteiger partial charge in [0.25, 0.3) is 5.69 Å². The average molecular weight is 219 g/mol. The summed E-state index contributed by atoms with van der Waals surface area (Å²) in [6, 6.07) is 3.91. The maximum Gasteiger partial charge on any atom is 0.323 e. The number of nitro benzene ring substituents is 1. The predicted molar refractivity (Wildman–Crippen MR) is 44.0 cm³/mol. The summed E-state index contributed by atoms with van der Waals surface area (Å²) in [6.07, 6.45) is 0. The van der Waals surface area contributed by atoms with Gasteiger partial charge in [-0.2, -0.15) is 8.42 Å². The molecule has 0 heterocycles. The van der Waals surface area contributed by atoms with Gasteiger partial charge in [0.1, 0.15) is 0 Å². The molecule has 0 aliphatic rings. The summed E-state index contributed by atoms with van der Waals surface area (Å²) in [5.41, 5.74) is -0.248. The molecule has 0 spiro atoms. The number of non-ortho nitro benzene ring substituents is 1. The Morgan fingerprint density at radius 1 is 1.29 bits per heavy atom. The topological polar surface area (TPSA) is 107 Å². The predicted octanol–water partition coefficient (Wildman–Crippen LogP) is 0.773. The minimum atomic E-state index is -4.21. The fraction of sp³-hybridized carbons (Fsp3) is 0. The minimum Gasteiger partial charge on any atom is -0.258 e. The van der Waals surface area contributed by atoms with Crippen LogP contribution in [0, 0.1) is 10.1 Å². The van der Waals surface area contributed by atoms with Crippen molar-refractivity contribution in [1.82, 2.24) is 0 Å². The standard InChI is InChI=1S/C6H5NO6S/c8-7(9)5-1-3-6(4-2-5)14(11,12)13-10/h1-4,10H. The quantitative estimate of drug-likeness (QED) is 0.457. The number of nitrogens with zero attached hydrogens (tertiary/aromatic N) is 1. The lowest BCUT2D eigenvalue weighted by molar-refractivity contribution is -0.384. The van der Waals surface area contributed by atoms with E-state index in [0.717, 1.165) is 24.3 Å². The van der Waals surface area contributed by atoms with Gasteiger partial charge in [-0.15, -0.1) is 4.33 Å². The van der Waals surface area contributed by atoms with Gasteiger partial charge in [0.2, 0.25) is 0 Å². The lowest BCUT2D eigenvalue weighted by Gasteiger charge is -1.97. The number of nitro groups is 1. The number of benzene rings is 1. The molecule has 0 radical (unpaired) electrons. The molecule has 0 aromatic heterocycles. The SMILES string of the molecule is O=[N+]([O-])c1ccc(S(=O)(=O)OO)cc1. The minimum absolute atomic E-state index is 0.248. The van der Waals surface area contributed by atoms with E-state index >= 15 is 0 Å². The molecule has 0 aliphatic heterocycles. The van der Waals surface area contributed by atoms with E-state index in [0.29, 0.717) is 0 Å². The molecule has 0 fully saturated rings. The Balaban J connectivity index is 3.12. The Bertz CT molecular complexity index is 436. The van der Waals surface area contributed by atoms with E-state index in [1.54, 1.807) is 0 Å². The van der Waals surface area contributed by atoms with E-state index in [4.69, 9.17) is 5.26 Å². The molecule has 0 unspecified atom stereocenters. The third kappa shape index (κ3) is 2.05. The maximum absolute atomic E-state index is 10.8. The van der Waals surface area contributed by atoms with Gasteiger partial charge >= 0.3 is 10.1 Å². The zero-order valence-electron chi connectivity index (χ0n) is 6.65. The normalized spacial score (nSPS) is 11.2. The monoisotopic (exact) mass is 219 g/mol. The third-order valence-corrected chi connectivity index (χ3v) is 2.48. The molecule has 8 heteroatoms. The highest BCUT2D eigenvalue weighted by Crippen LogP contribution is 2.16. The summed E-state index contributed by atoms with van der Waals surface area (Å²) in [4.78, 5) is 9.18. The van der Waals surface area contributed by atoms with Crippen molar-refractivity contribution in [1.29, 1.82) is 0 Å². The molecule has 0 saturated carbocycles. The summed E-state index contributed by atoms with van der Waals surface area (Å²) in [7, 11) is -4.21. The van der Waals surface area contributed by atoms with Crippen LogP contribution in [0.4, 0.5) is 5.69 Å². The first-order chi connectivity index (χ1) is 6.47. The van der Waals surface area contributed by atoms with Crippen molar-refractivity contribution < 1.29 is 22.9 Å². The number of rotatable bonds is 3. The van der Waals surface area contributed by atoms with E-state index in [1.165, 1.54) is 0 Å². The first kappa shape index (κ1) is 10.6. The van der Waals surface area contributed by atoms with Gasteiger partial charge in [0.15, 0.2) is 0 Å². The summed E-state index contributed by atoms with van der Waals surface area (Å²) < 4.78 is 24.9. The molecule has 0 atom stereocenters. The second-order valence-corrected chi connectivity index (χ2v) is 3.81. The van der Waals surface area contributed by atoms with Crippen molar-refractivity contribution in [3.8, 4) is 0 Å². The molecule has 0 aliphatic carbocycles. The smallest absolute Gasteiger partial charge is 0.258 e. The van der Waals surface area contributed by atoms with Crippen LogP contribution >= 0.6 is 0 Å². The van der Waals surface area contributed by atoms with Crippen LogP contribution < -0.4 is 0 Å². The van der Waals surface area contributed by atoms with Crippen LogP contribution in [0.15, 0.2) is 29.2 Å². The Morgan fingerprint density at radius 3 is 2.14 bits per heavy atom. The van der Waals surface area contributed by atoms with Crippen molar-refractivity contribution in [2.45, 2.75) is 4.90 Å². The largest absolute Gasteiger partial charge is 0.323 e. The maximum atomic E-state index is 10.8. The molecule has 1 rings (SSSR count). The van der Waals surface area contributed by atoms with Gasteiger partial charge in [-0.1, -0.05) is 0 Å². The highest BCUT2D eigenvalue weighted by molar-refractivity contribution is 7.86. The molecule has 7 nitrogen and oxygen atoms in total. The third-order valence-electron chi connectivity index (χ3n) is 1.43. The van der Waals surface area contributed by atoms with Crippen LogP contribution in [0.2, 0.25) is 0 Å². The van der Waals surface area contributed by atoms with Gasteiger partial charge in [0.05, 0.1) is 9.82 Å². The lowest BCUT2D eigenvalue weighted by atomic mass is 10.3. The zero-order chi connectivity index (χ0) is 10.8.